The van der Waals surface area contributed by atoms with Crippen molar-refractivity contribution < 1.29 is 14.7 Å². The maximum atomic E-state index is 13.4. The van der Waals surface area contributed by atoms with Gasteiger partial charge >= 0.3 is 5.97 Å². The van der Waals surface area contributed by atoms with E-state index in [0.717, 1.165) is 43.3 Å². The van der Waals surface area contributed by atoms with Gasteiger partial charge in [0, 0.05) is 16.6 Å². The van der Waals surface area contributed by atoms with Crippen LogP contribution in [-0.4, -0.2) is 17.0 Å². The zero-order valence-electron chi connectivity index (χ0n) is 17.8. The molecular formula is C29H19NO3. The number of fused-ring (bicyclic) bond motifs is 2. The van der Waals surface area contributed by atoms with E-state index >= 15 is 0 Å². The van der Waals surface area contributed by atoms with Crippen LogP contribution in [0.2, 0.25) is 0 Å². The van der Waals surface area contributed by atoms with E-state index in [4.69, 9.17) is 0 Å². The number of anilines is 1. The molecule has 0 atom stereocenters. The number of carbonyl (C=O) groups is 2. The first-order valence-corrected chi connectivity index (χ1v) is 10.8. The number of carbonyl (C=O) groups excluding carboxylic acids is 1. The summed E-state index contributed by atoms with van der Waals surface area (Å²) in [5.41, 5.74) is 2.11. The van der Waals surface area contributed by atoms with Gasteiger partial charge in [-0.15, -0.1) is 0 Å². The molecule has 0 radical (unpaired) electrons. The normalized spacial score (nSPS) is 11.5. The van der Waals surface area contributed by atoms with Gasteiger partial charge in [0.15, 0.2) is 0 Å². The molecule has 0 saturated carbocycles. The first-order chi connectivity index (χ1) is 16.0. The number of rotatable bonds is 3. The molecule has 0 unspecified atom stereocenters. The van der Waals surface area contributed by atoms with Crippen LogP contribution < -0.4 is 5.32 Å². The SMILES string of the molecule is Cc1ccccc1NC(=O)c1ccc2c3cccc4cccc(c5ccc(C(=O)O)c1c52)c43. The van der Waals surface area contributed by atoms with Crippen molar-refractivity contribution in [3.8, 4) is 0 Å². The van der Waals surface area contributed by atoms with Crippen molar-refractivity contribution in [1.82, 2.24) is 0 Å². The Kier molecular flexibility index (Phi) is 4.11. The third-order valence-corrected chi connectivity index (χ3v) is 6.51. The Balaban J connectivity index is 1.73. The van der Waals surface area contributed by atoms with Crippen LogP contribution in [0.25, 0.3) is 43.1 Å². The number of aromatic carboxylic acids is 1. The average molecular weight is 429 g/mol. The third kappa shape index (κ3) is 2.77. The molecule has 0 fully saturated rings. The van der Waals surface area contributed by atoms with E-state index in [1.165, 1.54) is 0 Å². The summed E-state index contributed by atoms with van der Waals surface area (Å²) >= 11 is 0. The first-order valence-electron chi connectivity index (χ1n) is 10.8. The molecule has 6 aromatic rings. The van der Waals surface area contributed by atoms with Crippen molar-refractivity contribution in [2.45, 2.75) is 6.92 Å². The highest BCUT2D eigenvalue weighted by molar-refractivity contribution is 6.36. The summed E-state index contributed by atoms with van der Waals surface area (Å²) in [7, 11) is 0. The van der Waals surface area contributed by atoms with Gasteiger partial charge in [0.1, 0.15) is 0 Å². The number of amides is 1. The van der Waals surface area contributed by atoms with E-state index in [0.29, 0.717) is 16.6 Å². The lowest BCUT2D eigenvalue weighted by Gasteiger charge is -2.18. The number of hydrogen-bond donors (Lipinski definition) is 2. The summed E-state index contributed by atoms with van der Waals surface area (Å²) in [5, 5.41) is 20.5. The van der Waals surface area contributed by atoms with Crippen molar-refractivity contribution in [2.24, 2.45) is 0 Å². The average Bonchev–Trinajstić information content (AvgIpc) is 2.83. The van der Waals surface area contributed by atoms with Crippen LogP contribution in [0, 0.1) is 6.92 Å². The number of hydrogen-bond acceptors (Lipinski definition) is 2. The highest BCUT2D eigenvalue weighted by Gasteiger charge is 2.22. The second-order valence-electron chi connectivity index (χ2n) is 8.35. The van der Waals surface area contributed by atoms with Crippen LogP contribution in [0.15, 0.2) is 84.9 Å². The minimum Gasteiger partial charge on any atom is -0.478 e. The topological polar surface area (TPSA) is 66.4 Å². The van der Waals surface area contributed by atoms with Gasteiger partial charge in [-0.05, 0) is 68.4 Å². The number of aryl methyl sites for hydroxylation is 1. The molecule has 4 heteroatoms. The lowest BCUT2D eigenvalue weighted by molar-refractivity contribution is 0.0699. The number of carboxylic acids is 1. The second kappa shape index (κ2) is 7.04. The van der Waals surface area contributed by atoms with Crippen LogP contribution in [0.4, 0.5) is 5.69 Å². The van der Waals surface area contributed by atoms with Gasteiger partial charge < -0.3 is 10.4 Å². The largest absolute Gasteiger partial charge is 0.478 e. The minimum absolute atomic E-state index is 0.122. The molecule has 158 valence electrons. The lowest BCUT2D eigenvalue weighted by atomic mass is 9.86. The summed E-state index contributed by atoms with van der Waals surface area (Å²) < 4.78 is 0. The van der Waals surface area contributed by atoms with Crippen molar-refractivity contribution in [2.75, 3.05) is 5.32 Å². The Labute approximate surface area is 189 Å². The second-order valence-corrected chi connectivity index (χ2v) is 8.35. The zero-order valence-corrected chi connectivity index (χ0v) is 17.8. The van der Waals surface area contributed by atoms with Crippen LogP contribution in [0.5, 0.6) is 0 Å². The van der Waals surface area contributed by atoms with Crippen molar-refractivity contribution in [1.29, 1.82) is 0 Å². The Morgan fingerprint density at radius 3 is 1.88 bits per heavy atom. The molecule has 0 aliphatic rings. The van der Waals surface area contributed by atoms with E-state index in [9.17, 15) is 14.7 Å². The van der Waals surface area contributed by atoms with Crippen LogP contribution in [0.1, 0.15) is 26.3 Å². The van der Waals surface area contributed by atoms with Crippen molar-refractivity contribution in [3.63, 3.8) is 0 Å². The molecule has 4 nitrogen and oxygen atoms in total. The summed E-state index contributed by atoms with van der Waals surface area (Å²) in [6.45, 7) is 1.92. The van der Waals surface area contributed by atoms with Gasteiger partial charge in [-0.25, -0.2) is 4.79 Å². The third-order valence-electron chi connectivity index (χ3n) is 6.51. The van der Waals surface area contributed by atoms with Gasteiger partial charge in [-0.1, -0.05) is 66.7 Å². The number of carboxylic acid groups (broad SMARTS) is 1. The number of benzene rings is 6. The molecule has 6 aromatic carbocycles. The molecule has 6 rings (SSSR count). The molecule has 0 heterocycles. The van der Waals surface area contributed by atoms with E-state index in [2.05, 4.69) is 29.6 Å². The maximum Gasteiger partial charge on any atom is 0.336 e. The molecule has 0 aromatic heterocycles. The molecule has 0 aliphatic heterocycles. The maximum absolute atomic E-state index is 13.4. The highest BCUT2D eigenvalue weighted by atomic mass is 16.4. The van der Waals surface area contributed by atoms with Crippen molar-refractivity contribution in [3.05, 3.63) is 102 Å². The number of nitrogens with one attached hydrogen (secondary N) is 1. The van der Waals surface area contributed by atoms with Crippen LogP contribution >= 0.6 is 0 Å². The van der Waals surface area contributed by atoms with Gasteiger partial charge in [-0.3, -0.25) is 4.79 Å². The quantitative estimate of drug-likeness (QED) is 0.235. The van der Waals surface area contributed by atoms with Crippen LogP contribution in [-0.2, 0) is 0 Å². The smallest absolute Gasteiger partial charge is 0.336 e. The van der Waals surface area contributed by atoms with Gasteiger partial charge in [-0.2, -0.15) is 0 Å². The van der Waals surface area contributed by atoms with E-state index < -0.39 is 5.97 Å². The van der Waals surface area contributed by atoms with Gasteiger partial charge in [0.2, 0.25) is 0 Å². The monoisotopic (exact) mass is 429 g/mol. The zero-order chi connectivity index (χ0) is 22.7. The Hall–Kier alpha value is -4.44. The Bertz CT molecular complexity index is 1700. The summed E-state index contributed by atoms with van der Waals surface area (Å²) in [5.74, 6) is -1.38. The summed E-state index contributed by atoms with van der Waals surface area (Å²) in [6, 6.07) is 27.0. The number of para-hydroxylation sites is 1. The Morgan fingerprint density at radius 2 is 1.24 bits per heavy atom. The Morgan fingerprint density at radius 1 is 0.636 bits per heavy atom. The summed E-state index contributed by atoms with van der Waals surface area (Å²) in [4.78, 5) is 25.7. The van der Waals surface area contributed by atoms with E-state index in [1.54, 1.807) is 12.1 Å². The molecule has 33 heavy (non-hydrogen) atoms. The predicted molar refractivity (Wildman–Crippen MR) is 134 cm³/mol. The van der Waals surface area contributed by atoms with Gasteiger partial charge in [0.25, 0.3) is 5.91 Å². The van der Waals surface area contributed by atoms with Crippen LogP contribution in [0.3, 0.4) is 0 Å². The van der Waals surface area contributed by atoms with E-state index in [-0.39, 0.29) is 11.5 Å². The highest BCUT2D eigenvalue weighted by Crippen LogP contribution is 2.42. The predicted octanol–water partition coefficient (Wildman–Crippen LogP) is 7.00. The molecule has 1 amide bonds. The first kappa shape index (κ1) is 19.3. The fourth-order valence-corrected chi connectivity index (χ4v) is 5.00. The standard InChI is InChI=1S/C29H19NO3/c1-16-6-2-3-11-24(16)30-28(31)22-14-12-20-18-9-4-7-17-8-5-10-19(25(17)18)21-13-15-23(29(32)33)27(22)26(20)21/h2-15H,1H3,(H,30,31)(H,32,33). The molecule has 0 aliphatic carbocycles. The molecule has 2 N–H and O–H groups in total. The molecule has 0 bridgehead atoms. The van der Waals surface area contributed by atoms with Gasteiger partial charge in [0.05, 0.1) is 5.56 Å². The summed E-state index contributed by atoms with van der Waals surface area (Å²) in [6.07, 6.45) is 0. The lowest BCUT2D eigenvalue weighted by Crippen LogP contribution is -2.14. The molecular weight excluding hydrogens is 410 g/mol. The minimum atomic E-state index is -1.05. The fourth-order valence-electron chi connectivity index (χ4n) is 5.00. The molecule has 0 saturated heterocycles. The van der Waals surface area contributed by atoms with Crippen molar-refractivity contribution >= 4 is 60.7 Å². The fraction of sp³-hybridized carbons (Fsp3) is 0.0345. The van der Waals surface area contributed by atoms with E-state index in [1.807, 2.05) is 55.5 Å². The molecule has 0 spiro atoms.